The molecular formula is C13H24ClN5O. The van der Waals surface area contributed by atoms with E-state index in [9.17, 15) is 4.79 Å². The zero-order chi connectivity index (χ0) is 13.8. The Morgan fingerprint density at radius 3 is 2.65 bits per heavy atom. The summed E-state index contributed by atoms with van der Waals surface area (Å²) >= 11 is 0. The van der Waals surface area contributed by atoms with E-state index in [-0.39, 0.29) is 18.3 Å². The minimum absolute atomic E-state index is 0. The highest BCUT2D eigenvalue weighted by atomic mass is 35.5. The van der Waals surface area contributed by atoms with E-state index in [1.54, 1.807) is 0 Å². The first-order valence-corrected chi connectivity index (χ1v) is 6.72. The molecule has 2 heterocycles. The first-order valence-electron chi connectivity index (χ1n) is 6.72. The Hall–Kier alpha value is -1.11. The van der Waals surface area contributed by atoms with Crippen molar-refractivity contribution in [1.29, 1.82) is 0 Å². The van der Waals surface area contributed by atoms with Crippen LogP contribution in [0.5, 0.6) is 0 Å². The number of aryl methyl sites for hydroxylation is 2. The van der Waals surface area contributed by atoms with E-state index in [0.717, 1.165) is 38.4 Å². The molecule has 6 nitrogen and oxygen atoms in total. The Kier molecular flexibility index (Phi) is 6.45. The third-order valence-corrected chi connectivity index (χ3v) is 3.43. The summed E-state index contributed by atoms with van der Waals surface area (Å²) in [5.41, 5.74) is 2.21. The summed E-state index contributed by atoms with van der Waals surface area (Å²) in [5, 5.41) is 7.57. The predicted molar refractivity (Wildman–Crippen MR) is 81.0 cm³/mol. The summed E-state index contributed by atoms with van der Waals surface area (Å²) in [6.45, 7) is 6.67. The van der Waals surface area contributed by atoms with Gasteiger partial charge >= 0.3 is 0 Å². The average Bonchev–Trinajstić information content (AvgIpc) is 2.68. The normalized spacial score (nSPS) is 15.3. The van der Waals surface area contributed by atoms with Crippen molar-refractivity contribution in [2.45, 2.75) is 13.5 Å². The minimum Gasteiger partial charge on any atom is -0.339 e. The molecule has 0 aliphatic carbocycles. The fourth-order valence-electron chi connectivity index (χ4n) is 2.40. The maximum absolute atomic E-state index is 12.1. The van der Waals surface area contributed by atoms with Crippen molar-refractivity contribution >= 4 is 18.3 Å². The largest absolute Gasteiger partial charge is 0.339 e. The third-order valence-electron chi connectivity index (χ3n) is 3.43. The fourth-order valence-corrected chi connectivity index (χ4v) is 2.40. The van der Waals surface area contributed by atoms with E-state index in [1.165, 1.54) is 5.56 Å². The van der Waals surface area contributed by atoms with E-state index in [1.807, 2.05) is 41.7 Å². The number of nitrogens with zero attached hydrogens (tertiary/aromatic N) is 4. The van der Waals surface area contributed by atoms with Crippen LogP contribution in [-0.2, 0) is 18.4 Å². The SMILES string of the molecule is Cc1nn(C)cc1CN(C)CC(=O)N1CCNCC1.Cl. The Labute approximate surface area is 126 Å². The van der Waals surface area contributed by atoms with Crippen LogP contribution in [0, 0.1) is 6.92 Å². The number of likely N-dealkylation sites (N-methyl/N-ethyl adjacent to an activating group) is 1. The summed E-state index contributed by atoms with van der Waals surface area (Å²) in [7, 11) is 3.90. The number of aromatic nitrogens is 2. The van der Waals surface area contributed by atoms with Crippen LogP contribution in [0.2, 0.25) is 0 Å². The molecule has 2 rings (SSSR count). The van der Waals surface area contributed by atoms with Crippen molar-refractivity contribution in [3.8, 4) is 0 Å². The Balaban J connectivity index is 0.00000200. The smallest absolute Gasteiger partial charge is 0.236 e. The molecule has 1 N–H and O–H groups in total. The number of piperazine rings is 1. The molecule has 114 valence electrons. The Morgan fingerprint density at radius 2 is 2.10 bits per heavy atom. The van der Waals surface area contributed by atoms with Crippen LogP contribution in [0.1, 0.15) is 11.3 Å². The van der Waals surface area contributed by atoms with Gasteiger partial charge in [-0.2, -0.15) is 5.10 Å². The lowest BCUT2D eigenvalue weighted by Gasteiger charge is -2.29. The third kappa shape index (κ3) is 4.47. The number of rotatable bonds is 4. The van der Waals surface area contributed by atoms with Gasteiger partial charge in [0.1, 0.15) is 0 Å². The van der Waals surface area contributed by atoms with Gasteiger partial charge in [0.15, 0.2) is 0 Å². The van der Waals surface area contributed by atoms with E-state index >= 15 is 0 Å². The number of halogens is 1. The number of nitrogens with one attached hydrogen (secondary N) is 1. The molecular weight excluding hydrogens is 278 g/mol. The van der Waals surface area contributed by atoms with Crippen LogP contribution in [-0.4, -0.2) is 65.3 Å². The van der Waals surface area contributed by atoms with Crippen LogP contribution in [0.3, 0.4) is 0 Å². The molecule has 0 bridgehead atoms. The van der Waals surface area contributed by atoms with Crippen LogP contribution in [0.25, 0.3) is 0 Å². The summed E-state index contributed by atoms with van der Waals surface area (Å²) in [6, 6.07) is 0. The number of carbonyl (C=O) groups is 1. The molecule has 0 spiro atoms. The van der Waals surface area contributed by atoms with Gasteiger partial charge in [-0.15, -0.1) is 12.4 Å². The molecule has 20 heavy (non-hydrogen) atoms. The molecule has 0 aromatic carbocycles. The predicted octanol–water partition coefficient (Wildman–Crippen LogP) is 0.0139. The molecule has 1 aromatic rings. The number of hydrogen-bond acceptors (Lipinski definition) is 4. The number of carbonyl (C=O) groups excluding carboxylic acids is 1. The van der Waals surface area contributed by atoms with Crippen molar-refractivity contribution in [3.63, 3.8) is 0 Å². The van der Waals surface area contributed by atoms with Crippen molar-refractivity contribution < 1.29 is 4.79 Å². The molecule has 1 fully saturated rings. The maximum atomic E-state index is 12.1. The lowest BCUT2D eigenvalue weighted by atomic mass is 10.2. The monoisotopic (exact) mass is 301 g/mol. The summed E-state index contributed by atoms with van der Waals surface area (Å²) < 4.78 is 1.82. The van der Waals surface area contributed by atoms with Crippen molar-refractivity contribution in [2.24, 2.45) is 7.05 Å². The molecule has 1 amide bonds. The maximum Gasteiger partial charge on any atom is 0.236 e. The van der Waals surface area contributed by atoms with Gasteiger partial charge < -0.3 is 10.2 Å². The molecule has 0 saturated carbocycles. The second kappa shape index (κ2) is 7.61. The van der Waals surface area contributed by atoms with Gasteiger partial charge in [0.2, 0.25) is 5.91 Å². The minimum atomic E-state index is 0. The summed E-state index contributed by atoms with van der Waals surface area (Å²) in [6.07, 6.45) is 2.02. The van der Waals surface area contributed by atoms with Gasteiger partial charge in [0.05, 0.1) is 12.2 Å². The first kappa shape index (κ1) is 16.9. The van der Waals surface area contributed by atoms with E-state index in [2.05, 4.69) is 10.4 Å². The highest BCUT2D eigenvalue weighted by Crippen LogP contribution is 2.08. The highest BCUT2D eigenvalue weighted by Gasteiger charge is 2.18. The molecule has 0 atom stereocenters. The van der Waals surface area contributed by atoms with Crippen LogP contribution < -0.4 is 5.32 Å². The van der Waals surface area contributed by atoms with Gasteiger partial charge in [-0.3, -0.25) is 14.4 Å². The van der Waals surface area contributed by atoms with E-state index < -0.39 is 0 Å². The number of amides is 1. The lowest BCUT2D eigenvalue weighted by Crippen LogP contribution is -2.49. The summed E-state index contributed by atoms with van der Waals surface area (Å²) in [4.78, 5) is 16.1. The molecule has 1 saturated heterocycles. The quantitative estimate of drug-likeness (QED) is 0.851. The zero-order valence-corrected chi connectivity index (χ0v) is 13.2. The van der Waals surface area contributed by atoms with Gasteiger partial charge in [-0.1, -0.05) is 0 Å². The molecule has 0 unspecified atom stereocenters. The van der Waals surface area contributed by atoms with Crippen molar-refractivity contribution in [1.82, 2.24) is 24.9 Å². The van der Waals surface area contributed by atoms with Crippen molar-refractivity contribution in [3.05, 3.63) is 17.5 Å². The Morgan fingerprint density at radius 1 is 1.45 bits per heavy atom. The molecule has 1 aliphatic heterocycles. The second-order valence-corrected chi connectivity index (χ2v) is 5.22. The lowest BCUT2D eigenvalue weighted by molar-refractivity contribution is -0.132. The van der Waals surface area contributed by atoms with Crippen LogP contribution >= 0.6 is 12.4 Å². The zero-order valence-electron chi connectivity index (χ0n) is 12.4. The average molecular weight is 302 g/mol. The van der Waals surface area contributed by atoms with E-state index in [4.69, 9.17) is 0 Å². The fraction of sp³-hybridized carbons (Fsp3) is 0.692. The first-order chi connectivity index (χ1) is 9.06. The molecule has 1 aromatic heterocycles. The Bertz CT molecular complexity index is 442. The van der Waals surface area contributed by atoms with Gasteiger partial charge in [-0.25, -0.2) is 0 Å². The highest BCUT2D eigenvalue weighted by molar-refractivity contribution is 5.85. The second-order valence-electron chi connectivity index (χ2n) is 5.22. The molecule has 0 radical (unpaired) electrons. The van der Waals surface area contributed by atoms with Gasteiger partial charge in [-0.05, 0) is 14.0 Å². The van der Waals surface area contributed by atoms with E-state index in [0.29, 0.717) is 6.54 Å². The van der Waals surface area contributed by atoms with Crippen molar-refractivity contribution in [2.75, 3.05) is 39.8 Å². The van der Waals surface area contributed by atoms with Gasteiger partial charge in [0.25, 0.3) is 0 Å². The standard InChI is InChI=1S/C13H23N5O.ClH/c1-11-12(9-17(3)15-11)8-16(2)10-13(19)18-6-4-14-5-7-18;/h9,14H,4-8,10H2,1-3H3;1H. The molecule has 1 aliphatic rings. The summed E-state index contributed by atoms with van der Waals surface area (Å²) in [5.74, 6) is 0.213. The number of hydrogen-bond donors (Lipinski definition) is 1. The topological polar surface area (TPSA) is 53.4 Å². The van der Waals surface area contributed by atoms with Crippen LogP contribution in [0.4, 0.5) is 0 Å². The molecule has 7 heteroatoms. The van der Waals surface area contributed by atoms with Gasteiger partial charge in [0, 0.05) is 51.5 Å². The van der Waals surface area contributed by atoms with Crippen LogP contribution in [0.15, 0.2) is 6.20 Å².